The number of rotatable bonds is 4. The molecule has 2 bridgehead atoms. The Hall–Kier alpha value is -2.44. The topological polar surface area (TPSA) is 60.0 Å². The quantitative estimate of drug-likeness (QED) is 0.657. The highest BCUT2D eigenvalue weighted by Gasteiger charge is 2.41. The molecule has 6 nitrogen and oxygen atoms in total. The van der Waals surface area contributed by atoms with Gasteiger partial charge in [0.05, 0.1) is 24.8 Å². The van der Waals surface area contributed by atoms with Crippen LogP contribution < -0.4 is 14.8 Å². The van der Waals surface area contributed by atoms with Gasteiger partial charge in [0.2, 0.25) is 0 Å². The van der Waals surface area contributed by atoms with Crippen LogP contribution >= 0.6 is 11.6 Å². The van der Waals surface area contributed by atoms with Gasteiger partial charge in [-0.05, 0) is 55.6 Å². The Morgan fingerprint density at radius 1 is 1.21 bits per heavy atom. The molecule has 7 heteroatoms. The van der Waals surface area contributed by atoms with E-state index in [1.807, 2.05) is 36.4 Å². The van der Waals surface area contributed by atoms with Crippen LogP contribution in [-0.2, 0) is 4.74 Å². The number of alkyl carbamates (subject to hydrolysis) is 1. The molecule has 4 heterocycles. The molecule has 2 aromatic rings. The highest BCUT2D eigenvalue weighted by Crippen LogP contribution is 2.46. The number of carbonyl (C=O) groups is 1. The van der Waals surface area contributed by atoms with Gasteiger partial charge in [-0.3, -0.25) is 4.90 Å². The van der Waals surface area contributed by atoms with E-state index < -0.39 is 0 Å². The molecule has 1 unspecified atom stereocenters. The van der Waals surface area contributed by atoms with E-state index in [2.05, 4.69) is 24.1 Å². The summed E-state index contributed by atoms with van der Waals surface area (Å²) in [5.41, 5.74) is 2.38. The van der Waals surface area contributed by atoms with Crippen molar-refractivity contribution in [2.24, 2.45) is 11.3 Å². The Morgan fingerprint density at radius 2 is 2.00 bits per heavy atom. The van der Waals surface area contributed by atoms with Crippen molar-refractivity contribution in [1.29, 1.82) is 0 Å². The number of benzene rings is 2. The number of hydrogen-bond acceptors (Lipinski definition) is 5. The van der Waals surface area contributed by atoms with E-state index in [9.17, 15) is 4.79 Å². The number of carbonyl (C=O) groups excluding carboxylic acids is 1. The summed E-state index contributed by atoms with van der Waals surface area (Å²) < 4.78 is 17.6. The second kappa shape index (κ2) is 8.73. The van der Waals surface area contributed by atoms with Crippen LogP contribution in [0.15, 0.2) is 36.4 Å². The number of amides is 1. The molecule has 4 aliphatic rings. The smallest absolute Gasteiger partial charge is 0.407 e. The zero-order chi connectivity index (χ0) is 23.2. The van der Waals surface area contributed by atoms with Gasteiger partial charge in [-0.15, -0.1) is 0 Å². The summed E-state index contributed by atoms with van der Waals surface area (Å²) in [7, 11) is 1.63. The molecule has 2 aromatic carbocycles. The largest absolute Gasteiger partial charge is 0.496 e. The average Bonchev–Trinajstić information content (AvgIpc) is 2.81. The molecule has 0 spiro atoms. The molecule has 0 aromatic heterocycles. The zero-order valence-corrected chi connectivity index (χ0v) is 20.2. The fourth-order valence-corrected chi connectivity index (χ4v) is 5.66. The summed E-state index contributed by atoms with van der Waals surface area (Å²) >= 11 is 6.49. The Bertz CT molecular complexity index is 1050. The van der Waals surface area contributed by atoms with Crippen molar-refractivity contribution in [2.75, 3.05) is 33.4 Å². The molecule has 0 aliphatic carbocycles. The lowest BCUT2D eigenvalue weighted by atomic mass is 9.78. The molecule has 0 saturated carbocycles. The number of fused-ring (bicyclic) bond motifs is 4. The molecule has 4 aliphatic heterocycles. The first kappa shape index (κ1) is 22.4. The predicted molar refractivity (Wildman–Crippen MR) is 128 cm³/mol. The second-order valence-electron chi connectivity index (χ2n) is 10.0. The van der Waals surface area contributed by atoms with Gasteiger partial charge < -0.3 is 19.5 Å². The van der Waals surface area contributed by atoms with E-state index >= 15 is 0 Å². The van der Waals surface area contributed by atoms with Gasteiger partial charge in [-0.25, -0.2) is 4.79 Å². The highest BCUT2D eigenvalue weighted by atomic mass is 35.5. The molecule has 3 saturated heterocycles. The minimum atomic E-state index is -0.350. The van der Waals surface area contributed by atoms with E-state index in [1.54, 1.807) is 7.11 Å². The number of piperidine rings is 3. The SMILES string of the molecule is COc1cccc(Cl)c1-c1ccc2c(c1)OCC(C)(C)C2NC(=O)O[C@@H]1CN2CCC1CC2. The molecule has 1 amide bonds. The fourth-order valence-electron chi connectivity index (χ4n) is 5.38. The molecule has 0 radical (unpaired) electrons. The fraction of sp³-hybridized carbons (Fsp3) is 0.500. The molecule has 6 rings (SSSR count). The van der Waals surface area contributed by atoms with Crippen molar-refractivity contribution < 1.29 is 19.0 Å². The van der Waals surface area contributed by atoms with Gasteiger partial charge in [-0.1, -0.05) is 43.6 Å². The van der Waals surface area contributed by atoms with Gasteiger partial charge in [0, 0.05) is 23.1 Å². The number of nitrogens with zero attached hydrogens (tertiary/aromatic N) is 1. The van der Waals surface area contributed by atoms with Crippen LogP contribution in [0.4, 0.5) is 4.79 Å². The maximum Gasteiger partial charge on any atom is 0.407 e. The third-order valence-electron chi connectivity index (χ3n) is 7.31. The van der Waals surface area contributed by atoms with Gasteiger partial charge in [0.1, 0.15) is 17.6 Å². The Kier molecular flexibility index (Phi) is 5.91. The van der Waals surface area contributed by atoms with Crippen LogP contribution in [0.3, 0.4) is 0 Å². The van der Waals surface area contributed by atoms with Crippen molar-refractivity contribution >= 4 is 17.7 Å². The van der Waals surface area contributed by atoms with E-state index in [4.69, 9.17) is 25.8 Å². The van der Waals surface area contributed by atoms with Crippen LogP contribution in [0.25, 0.3) is 11.1 Å². The van der Waals surface area contributed by atoms with Crippen LogP contribution in [0.2, 0.25) is 5.02 Å². The number of hydrogen-bond donors (Lipinski definition) is 1. The Balaban J connectivity index is 1.39. The van der Waals surface area contributed by atoms with Crippen LogP contribution in [0.5, 0.6) is 11.5 Å². The zero-order valence-electron chi connectivity index (χ0n) is 19.4. The summed E-state index contributed by atoms with van der Waals surface area (Å²) in [6, 6.07) is 11.4. The van der Waals surface area contributed by atoms with E-state index in [1.165, 1.54) is 0 Å². The van der Waals surface area contributed by atoms with Crippen LogP contribution in [0, 0.1) is 11.3 Å². The number of methoxy groups -OCH3 is 1. The Morgan fingerprint density at radius 3 is 2.70 bits per heavy atom. The van der Waals surface area contributed by atoms with Crippen LogP contribution in [-0.4, -0.2) is 50.4 Å². The minimum absolute atomic E-state index is 0.0232. The molecule has 176 valence electrons. The van der Waals surface area contributed by atoms with Crippen molar-refractivity contribution in [3.8, 4) is 22.6 Å². The first-order valence-electron chi connectivity index (χ1n) is 11.6. The normalized spacial score (nSPS) is 27.3. The van der Waals surface area contributed by atoms with E-state index in [0.717, 1.165) is 54.9 Å². The van der Waals surface area contributed by atoms with Crippen LogP contribution in [0.1, 0.15) is 38.3 Å². The first-order chi connectivity index (χ1) is 15.9. The molecular weight excluding hydrogens is 440 g/mol. The first-order valence-corrected chi connectivity index (χ1v) is 12.0. The average molecular weight is 471 g/mol. The number of halogens is 1. The standard InChI is InChI=1S/C26H31ClN2O4/c1-26(2)15-32-21-13-17(23-19(27)5-4-6-20(23)31-3)7-8-18(21)24(26)28-25(30)33-22-14-29-11-9-16(22)10-12-29/h4-8,13,16,22,24H,9-12,14-15H2,1-3H3,(H,28,30)/t22-,24?/m1/s1. The minimum Gasteiger partial charge on any atom is -0.496 e. The lowest BCUT2D eigenvalue weighted by molar-refractivity contribution is -0.0361. The summed E-state index contributed by atoms with van der Waals surface area (Å²) in [6.07, 6.45) is 1.84. The summed E-state index contributed by atoms with van der Waals surface area (Å²) in [6.45, 7) is 7.75. The van der Waals surface area contributed by atoms with Crippen molar-refractivity contribution in [1.82, 2.24) is 10.2 Å². The third kappa shape index (κ3) is 4.26. The number of ether oxygens (including phenoxy) is 3. The van der Waals surface area contributed by atoms with Gasteiger partial charge in [-0.2, -0.15) is 0 Å². The predicted octanol–water partition coefficient (Wildman–Crippen LogP) is 5.30. The third-order valence-corrected chi connectivity index (χ3v) is 7.62. The van der Waals surface area contributed by atoms with Crippen molar-refractivity contribution in [3.63, 3.8) is 0 Å². The molecule has 3 fully saturated rings. The Labute approximate surface area is 200 Å². The summed E-state index contributed by atoms with van der Waals surface area (Å²) in [5.74, 6) is 1.92. The van der Waals surface area contributed by atoms with Gasteiger partial charge in [0.25, 0.3) is 0 Å². The maximum absolute atomic E-state index is 12.9. The highest BCUT2D eigenvalue weighted by molar-refractivity contribution is 6.33. The molecule has 2 atom stereocenters. The van der Waals surface area contributed by atoms with Gasteiger partial charge in [0.15, 0.2) is 0 Å². The molecule has 1 N–H and O–H groups in total. The summed E-state index contributed by atoms with van der Waals surface area (Å²) in [5, 5.41) is 3.77. The van der Waals surface area contributed by atoms with Crippen molar-refractivity contribution in [2.45, 2.75) is 38.8 Å². The number of nitrogens with one attached hydrogen (secondary N) is 1. The van der Waals surface area contributed by atoms with E-state index in [0.29, 0.717) is 23.3 Å². The van der Waals surface area contributed by atoms with Gasteiger partial charge >= 0.3 is 6.09 Å². The van der Waals surface area contributed by atoms with Crippen molar-refractivity contribution in [3.05, 3.63) is 47.0 Å². The summed E-state index contributed by atoms with van der Waals surface area (Å²) in [4.78, 5) is 15.3. The lowest BCUT2D eigenvalue weighted by Crippen LogP contribution is -2.53. The monoisotopic (exact) mass is 470 g/mol. The lowest BCUT2D eigenvalue weighted by Gasteiger charge is -2.44. The maximum atomic E-state index is 12.9. The molecular formula is C26H31ClN2O4. The second-order valence-corrected chi connectivity index (χ2v) is 10.4. The molecule has 33 heavy (non-hydrogen) atoms. The van der Waals surface area contributed by atoms with E-state index in [-0.39, 0.29) is 23.7 Å².